The Morgan fingerprint density at radius 1 is 1.06 bits per heavy atom. The van der Waals surface area contributed by atoms with Crippen LogP contribution in [0.15, 0.2) is 42.5 Å². The van der Waals surface area contributed by atoms with Crippen molar-refractivity contribution in [3.63, 3.8) is 0 Å². The summed E-state index contributed by atoms with van der Waals surface area (Å²) in [5.41, 5.74) is 10.1. The molecule has 0 radical (unpaired) electrons. The first-order chi connectivity index (χ1) is 8.75. The number of hydrogen-bond acceptors (Lipinski definition) is 2. The fourth-order valence-electron chi connectivity index (χ4n) is 2.53. The van der Waals surface area contributed by atoms with Gasteiger partial charge in [-0.25, -0.2) is 0 Å². The Labute approximate surface area is 112 Å². The standard InChI is InChI=1S/C15H15ClN2/c16-13-10-12(17)7-8-15(13)18-9-3-5-11-4-1-2-6-14(11)18/h1-2,4,6-8,10H,3,5,9,17H2. The molecule has 3 heteroatoms. The average Bonchev–Trinajstić information content (AvgIpc) is 2.38. The highest BCUT2D eigenvalue weighted by molar-refractivity contribution is 6.33. The van der Waals surface area contributed by atoms with Gasteiger partial charge < -0.3 is 10.6 Å². The molecule has 2 nitrogen and oxygen atoms in total. The zero-order valence-electron chi connectivity index (χ0n) is 10.1. The lowest BCUT2D eigenvalue weighted by molar-refractivity contribution is 0.767. The molecule has 0 aliphatic carbocycles. The van der Waals surface area contributed by atoms with Gasteiger partial charge in [0.05, 0.1) is 10.7 Å². The van der Waals surface area contributed by atoms with Gasteiger partial charge in [-0.3, -0.25) is 0 Å². The van der Waals surface area contributed by atoms with Crippen LogP contribution in [0.2, 0.25) is 5.02 Å². The molecular formula is C15H15ClN2. The maximum atomic E-state index is 6.31. The van der Waals surface area contributed by atoms with E-state index in [4.69, 9.17) is 17.3 Å². The number of nitrogens with two attached hydrogens (primary N) is 1. The maximum absolute atomic E-state index is 6.31. The predicted octanol–water partition coefficient (Wildman–Crippen LogP) is 4.01. The lowest BCUT2D eigenvalue weighted by Gasteiger charge is -2.32. The normalized spacial score (nSPS) is 14.4. The Bertz CT molecular complexity index is 580. The fourth-order valence-corrected chi connectivity index (χ4v) is 2.82. The van der Waals surface area contributed by atoms with E-state index in [2.05, 4.69) is 29.2 Å². The first-order valence-electron chi connectivity index (χ1n) is 6.16. The number of fused-ring (bicyclic) bond motifs is 1. The Kier molecular flexibility index (Phi) is 2.88. The molecule has 1 heterocycles. The van der Waals surface area contributed by atoms with E-state index >= 15 is 0 Å². The smallest absolute Gasteiger partial charge is 0.0663 e. The van der Waals surface area contributed by atoms with Gasteiger partial charge >= 0.3 is 0 Å². The SMILES string of the molecule is Nc1ccc(N2CCCc3ccccc32)c(Cl)c1. The van der Waals surface area contributed by atoms with Gasteiger partial charge in [-0.15, -0.1) is 0 Å². The highest BCUT2D eigenvalue weighted by Gasteiger charge is 2.19. The molecule has 0 saturated heterocycles. The van der Waals surface area contributed by atoms with Gasteiger partial charge in [0, 0.05) is 17.9 Å². The molecule has 0 atom stereocenters. The summed E-state index contributed by atoms with van der Waals surface area (Å²) in [4.78, 5) is 2.28. The monoisotopic (exact) mass is 258 g/mol. The Morgan fingerprint density at radius 3 is 2.72 bits per heavy atom. The topological polar surface area (TPSA) is 29.3 Å². The largest absolute Gasteiger partial charge is 0.399 e. The molecule has 1 aliphatic heterocycles. The van der Waals surface area contributed by atoms with Crippen LogP contribution in [0.1, 0.15) is 12.0 Å². The molecule has 92 valence electrons. The Morgan fingerprint density at radius 2 is 1.89 bits per heavy atom. The van der Waals surface area contributed by atoms with Gasteiger partial charge in [-0.05, 0) is 42.7 Å². The van der Waals surface area contributed by atoms with E-state index in [1.807, 2.05) is 18.2 Å². The van der Waals surface area contributed by atoms with Crippen LogP contribution in [0.5, 0.6) is 0 Å². The second kappa shape index (κ2) is 4.54. The summed E-state index contributed by atoms with van der Waals surface area (Å²) in [6, 6.07) is 14.2. The molecule has 0 fully saturated rings. The van der Waals surface area contributed by atoms with Crippen LogP contribution in [-0.2, 0) is 6.42 Å². The van der Waals surface area contributed by atoms with Crippen molar-refractivity contribution < 1.29 is 0 Å². The summed E-state index contributed by atoms with van der Waals surface area (Å²) in [6.45, 7) is 1.00. The molecule has 0 spiro atoms. The number of para-hydroxylation sites is 1. The molecule has 1 aliphatic rings. The van der Waals surface area contributed by atoms with Crippen molar-refractivity contribution in [2.45, 2.75) is 12.8 Å². The number of anilines is 3. The minimum absolute atomic E-state index is 0.703. The van der Waals surface area contributed by atoms with Crippen molar-refractivity contribution in [1.82, 2.24) is 0 Å². The molecule has 0 unspecified atom stereocenters. The molecule has 18 heavy (non-hydrogen) atoms. The quantitative estimate of drug-likeness (QED) is 0.784. The molecular weight excluding hydrogens is 244 g/mol. The van der Waals surface area contributed by atoms with E-state index in [1.165, 1.54) is 11.3 Å². The highest BCUT2D eigenvalue weighted by atomic mass is 35.5. The first-order valence-corrected chi connectivity index (χ1v) is 6.54. The van der Waals surface area contributed by atoms with Crippen LogP contribution in [0.25, 0.3) is 0 Å². The number of hydrogen-bond donors (Lipinski definition) is 1. The molecule has 0 aromatic heterocycles. The van der Waals surface area contributed by atoms with Gasteiger partial charge in [0.2, 0.25) is 0 Å². The van der Waals surface area contributed by atoms with Crippen LogP contribution in [0, 0.1) is 0 Å². The summed E-state index contributed by atoms with van der Waals surface area (Å²) in [5.74, 6) is 0. The van der Waals surface area contributed by atoms with Crippen LogP contribution >= 0.6 is 11.6 Å². The maximum Gasteiger partial charge on any atom is 0.0663 e. The van der Waals surface area contributed by atoms with Crippen molar-refractivity contribution in [2.24, 2.45) is 0 Å². The van der Waals surface area contributed by atoms with Crippen LogP contribution in [0.3, 0.4) is 0 Å². The van der Waals surface area contributed by atoms with E-state index < -0.39 is 0 Å². The zero-order valence-corrected chi connectivity index (χ0v) is 10.8. The van der Waals surface area contributed by atoms with Crippen molar-refractivity contribution >= 4 is 28.7 Å². The summed E-state index contributed by atoms with van der Waals surface area (Å²) in [5, 5.41) is 0.715. The summed E-state index contributed by atoms with van der Waals surface area (Å²) in [7, 11) is 0. The van der Waals surface area contributed by atoms with Crippen molar-refractivity contribution in [2.75, 3.05) is 17.2 Å². The van der Waals surface area contributed by atoms with Gasteiger partial charge in [0.1, 0.15) is 0 Å². The lowest BCUT2D eigenvalue weighted by Crippen LogP contribution is -2.24. The van der Waals surface area contributed by atoms with Crippen molar-refractivity contribution in [3.8, 4) is 0 Å². The van der Waals surface area contributed by atoms with E-state index in [1.54, 1.807) is 0 Å². The molecule has 2 N–H and O–H groups in total. The lowest BCUT2D eigenvalue weighted by atomic mass is 10.0. The number of rotatable bonds is 1. The predicted molar refractivity (Wildman–Crippen MR) is 77.6 cm³/mol. The summed E-state index contributed by atoms with van der Waals surface area (Å²) < 4.78 is 0. The van der Waals surface area contributed by atoms with Gasteiger partial charge in [-0.1, -0.05) is 29.8 Å². The molecule has 0 amide bonds. The van der Waals surface area contributed by atoms with Gasteiger partial charge in [0.15, 0.2) is 0 Å². The van der Waals surface area contributed by atoms with Crippen molar-refractivity contribution in [1.29, 1.82) is 0 Å². The Balaban J connectivity index is 2.08. The third kappa shape index (κ3) is 1.93. The average molecular weight is 259 g/mol. The molecule has 0 saturated carbocycles. The van der Waals surface area contributed by atoms with E-state index in [0.717, 1.165) is 25.1 Å². The fraction of sp³-hybridized carbons (Fsp3) is 0.200. The second-order valence-electron chi connectivity index (χ2n) is 4.59. The summed E-state index contributed by atoms with van der Waals surface area (Å²) in [6.07, 6.45) is 2.29. The number of aryl methyl sites for hydroxylation is 1. The highest BCUT2D eigenvalue weighted by Crippen LogP contribution is 2.37. The molecule has 0 bridgehead atoms. The third-order valence-electron chi connectivity index (χ3n) is 3.37. The number of benzene rings is 2. The molecule has 3 rings (SSSR count). The minimum atomic E-state index is 0.703. The molecule has 2 aromatic carbocycles. The van der Waals surface area contributed by atoms with Crippen molar-refractivity contribution in [3.05, 3.63) is 53.1 Å². The van der Waals surface area contributed by atoms with E-state index in [-0.39, 0.29) is 0 Å². The number of halogens is 1. The van der Waals surface area contributed by atoms with Crippen LogP contribution in [-0.4, -0.2) is 6.54 Å². The first kappa shape index (κ1) is 11.4. The third-order valence-corrected chi connectivity index (χ3v) is 3.68. The zero-order chi connectivity index (χ0) is 12.5. The van der Waals surface area contributed by atoms with Crippen LogP contribution in [0.4, 0.5) is 17.1 Å². The van der Waals surface area contributed by atoms with E-state index in [9.17, 15) is 0 Å². The van der Waals surface area contributed by atoms with E-state index in [0.29, 0.717) is 10.7 Å². The second-order valence-corrected chi connectivity index (χ2v) is 5.00. The minimum Gasteiger partial charge on any atom is -0.399 e. The Hall–Kier alpha value is -1.67. The molecule has 2 aromatic rings. The number of nitrogens with zero attached hydrogens (tertiary/aromatic N) is 1. The van der Waals surface area contributed by atoms with Gasteiger partial charge in [-0.2, -0.15) is 0 Å². The van der Waals surface area contributed by atoms with Crippen LogP contribution < -0.4 is 10.6 Å². The number of nitrogen functional groups attached to an aromatic ring is 1. The summed E-state index contributed by atoms with van der Waals surface area (Å²) >= 11 is 6.31. The van der Waals surface area contributed by atoms with Gasteiger partial charge in [0.25, 0.3) is 0 Å².